The molecule has 5 nitrogen and oxygen atoms in total. The Labute approximate surface area is 144 Å². The number of aryl methyl sites for hydroxylation is 1. The monoisotopic (exact) mass is 339 g/mol. The number of anilines is 1. The van der Waals surface area contributed by atoms with Crippen LogP contribution in [0.1, 0.15) is 11.3 Å². The average molecular weight is 339 g/mol. The first kappa shape index (κ1) is 16.7. The smallest absolute Gasteiger partial charge is 0.228 e. The summed E-state index contributed by atoms with van der Waals surface area (Å²) in [7, 11) is 1.58. The zero-order valence-electron chi connectivity index (χ0n) is 14.0. The van der Waals surface area contributed by atoms with E-state index in [0.717, 1.165) is 5.56 Å². The van der Waals surface area contributed by atoms with Crippen LogP contribution >= 0.6 is 0 Å². The lowest BCUT2D eigenvalue weighted by atomic mass is 10.1. The van der Waals surface area contributed by atoms with Gasteiger partial charge in [-0.2, -0.15) is 5.10 Å². The van der Waals surface area contributed by atoms with Gasteiger partial charge in [-0.05, 0) is 36.8 Å². The summed E-state index contributed by atoms with van der Waals surface area (Å²) in [6.45, 7) is 1.80. The van der Waals surface area contributed by atoms with Crippen molar-refractivity contribution in [1.82, 2.24) is 10.2 Å². The molecular weight excluding hydrogens is 321 g/mol. The molecule has 0 saturated carbocycles. The number of halogens is 1. The Morgan fingerprint density at radius 1 is 1.24 bits per heavy atom. The van der Waals surface area contributed by atoms with Gasteiger partial charge in [-0.15, -0.1) is 0 Å². The molecule has 3 aromatic rings. The van der Waals surface area contributed by atoms with Crippen LogP contribution in [-0.2, 0) is 11.2 Å². The van der Waals surface area contributed by atoms with Crippen LogP contribution in [0.25, 0.3) is 11.3 Å². The SMILES string of the molecule is COc1cccc(CC(=O)Nc2c(-c3cccc(F)c3)n[nH]c2C)c1. The van der Waals surface area contributed by atoms with Crippen molar-refractivity contribution in [2.24, 2.45) is 0 Å². The van der Waals surface area contributed by atoms with Gasteiger partial charge in [0.2, 0.25) is 5.91 Å². The van der Waals surface area contributed by atoms with Crippen molar-refractivity contribution in [1.29, 1.82) is 0 Å². The molecule has 25 heavy (non-hydrogen) atoms. The van der Waals surface area contributed by atoms with Crippen LogP contribution in [0.5, 0.6) is 5.75 Å². The van der Waals surface area contributed by atoms with Gasteiger partial charge in [0.15, 0.2) is 0 Å². The number of ether oxygens (including phenoxy) is 1. The van der Waals surface area contributed by atoms with Gasteiger partial charge < -0.3 is 10.1 Å². The van der Waals surface area contributed by atoms with Gasteiger partial charge in [0.25, 0.3) is 0 Å². The number of aromatic nitrogens is 2. The maximum Gasteiger partial charge on any atom is 0.228 e. The summed E-state index contributed by atoms with van der Waals surface area (Å²) in [6.07, 6.45) is 0.199. The second-order valence-electron chi connectivity index (χ2n) is 5.66. The molecule has 1 aromatic heterocycles. The minimum Gasteiger partial charge on any atom is -0.497 e. The Balaban J connectivity index is 1.81. The Hall–Kier alpha value is -3.15. The van der Waals surface area contributed by atoms with Gasteiger partial charge in [0.1, 0.15) is 17.3 Å². The van der Waals surface area contributed by atoms with Crippen molar-refractivity contribution in [2.75, 3.05) is 12.4 Å². The summed E-state index contributed by atoms with van der Waals surface area (Å²) in [6, 6.07) is 13.4. The van der Waals surface area contributed by atoms with Gasteiger partial charge in [-0.3, -0.25) is 9.89 Å². The summed E-state index contributed by atoms with van der Waals surface area (Å²) < 4.78 is 18.6. The van der Waals surface area contributed by atoms with E-state index in [0.29, 0.717) is 28.4 Å². The number of benzene rings is 2. The third kappa shape index (κ3) is 3.85. The number of H-pyrrole nitrogens is 1. The van der Waals surface area contributed by atoms with Crippen LogP contribution in [0.4, 0.5) is 10.1 Å². The van der Waals surface area contributed by atoms with E-state index in [2.05, 4.69) is 15.5 Å². The third-order valence-electron chi connectivity index (χ3n) is 3.81. The van der Waals surface area contributed by atoms with E-state index in [4.69, 9.17) is 4.74 Å². The van der Waals surface area contributed by atoms with Crippen molar-refractivity contribution in [2.45, 2.75) is 13.3 Å². The Kier molecular flexibility index (Phi) is 4.79. The lowest BCUT2D eigenvalue weighted by Crippen LogP contribution is -2.15. The highest BCUT2D eigenvalue weighted by atomic mass is 19.1. The minimum atomic E-state index is -0.355. The first-order valence-corrected chi connectivity index (χ1v) is 7.80. The predicted molar refractivity (Wildman–Crippen MR) is 94.0 cm³/mol. The second kappa shape index (κ2) is 7.17. The Bertz CT molecular complexity index is 905. The topological polar surface area (TPSA) is 67.0 Å². The van der Waals surface area contributed by atoms with E-state index in [9.17, 15) is 9.18 Å². The van der Waals surface area contributed by atoms with Crippen LogP contribution < -0.4 is 10.1 Å². The number of amides is 1. The van der Waals surface area contributed by atoms with E-state index >= 15 is 0 Å². The molecule has 0 aliphatic heterocycles. The van der Waals surface area contributed by atoms with Crippen LogP contribution in [0.15, 0.2) is 48.5 Å². The standard InChI is InChI=1S/C19H18FN3O2/c1-12-18(19(23-22-12)14-6-4-7-15(20)11-14)21-17(24)10-13-5-3-8-16(9-13)25-2/h3-9,11H,10H2,1-2H3,(H,21,24)(H,22,23). The largest absolute Gasteiger partial charge is 0.497 e. The van der Waals surface area contributed by atoms with Crippen molar-refractivity contribution < 1.29 is 13.9 Å². The van der Waals surface area contributed by atoms with E-state index < -0.39 is 0 Å². The molecule has 0 unspecified atom stereocenters. The fourth-order valence-corrected chi connectivity index (χ4v) is 2.58. The molecule has 6 heteroatoms. The average Bonchev–Trinajstić information content (AvgIpc) is 2.95. The quantitative estimate of drug-likeness (QED) is 0.744. The highest BCUT2D eigenvalue weighted by Gasteiger charge is 2.16. The number of nitrogens with one attached hydrogen (secondary N) is 2. The lowest BCUT2D eigenvalue weighted by Gasteiger charge is -2.08. The fourth-order valence-electron chi connectivity index (χ4n) is 2.58. The van der Waals surface area contributed by atoms with Gasteiger partial charge in [-0.25, -0.2) is 4.39 Å². The third-order valence-corrected chi connectivity index (χ3v) is 3.81. The number of rotatable bonds is 5. The highest BCUT2D eigenvalue weighted by Crippen LogP contribution is 2.29. The second-order valence-corrected chi connectivity index (χ2v) is 5.66. The molecule has 0 bridgehead atoms. The number of hydrogen-bond donors (Lipinski definition) is 2. The Morgan fingerprint density at radius 2 is 2.04 bits per heavy atom. The summed E-state index contributed by atoms with van der Waals surface area (Å²) in [4.78, 5) is 12.4. The maximum atomic E-state index is 13.5. The number of nitrogens with zero attached hydrogens (tertiary/aromatic N) is 1. The first-order valence-electron chi connectivity index (χ1n) is 7.80. The number of carbonyl (C=O) groups is 1. The van der Waals surface area contributed by atoms with Gasteiger partial charge in [-0.1, -0.05) is 24.3 Å². The van der Waals surface area contributed by atoms with Crippen molar-refractivity contribution in [3.63, 3.8) is 0 Å². The van der Waals surface area contributed by atoms with E-state index in [1.165, 1.54) is 12.1 Å². The summed E-state index contributed by atoms with van der Waals surface area (Å²) in [5.41, 5.74) is 3.21. The number of aromatic amines is 1. The van der Waals surface area contributed by atoms with Crippen LogP contribution in [0.3, 0.4) is 0 Å². The van der Waals surface area contributed by atoms with Crippen molar-refractivity contribution in [3.05, 3.63) is 65.6 Å². The van der Waals surface area contributed by atoms with Crippen molar-refractivity contribution >= 4 is 11.6 Å². The van der Waals surface area contributed by atoms with Crippen LogP contribution in [0, 0.1) is 12.7 Å². The van der Waals surface area contributed by atoms with Gasteiger partial charge in [0, 0.05) is 5.56 Å². The minimum absolute atomic E-state index is 0.185. The molecular formula is C19H18FN3O2. The van der Waals surface area contributed by atoms with Crippen LogP contribution in [-0.4, -0.2) is 23.2 Å². The molecule has 0 radical (unpaired) electrons. The van der Waals surface area contributed by atoms with Gasteiger partial charge in [0.05, 0.1) is 24.9 Å². The van der Waals surface area contributed by atoms with Crippen LogP contribution in [0.2, 0.25) is 0 Å². The maximum absolute atomic E-state index is 13.5. The summed E-state index contributed by atoms with van der Waals surface area (Å²) in [5.74, 6) is 0.160. The summed E-state index contributed by atoms with van der Waals surface area (Å²) >= 11 is 0. The Morgan fingerprint density at radius 3 is 2.80 bits per heavy atom. The highest BCUT2D eigenvalue weighted by molar-refractivity contribution is 5.96. The molecule has 0 saturated heterocycles. The fraction of sp³-hybridized carbons (Fsp3) is 0.158. The first-order chi connectivity index (χ1) is 12.1. The molecule has 0 fully saturated rings. The molecule has 128 valence electrons. The van der Waals surface area contributed by atoms with E-state index in [1.54, 1.807) is 26.2 Å². The number of methoxy groups -OCH3 is 1. The summed E-state index contributed by atoms with van der Waals surface area (Å²) in [5, 5.41) is 9.89. The zero-order valence-corrected chi connectivity index (χ0v) is 14.0. The molecule has 0 aliphatic rings. The molecule has 0 spiro atoms. The lowest BCUT2D eigenvalue weighted by molar-refractivity contribution is -0.115. The predicted octanol–water partition coefficient (Wildman–Crippen LogP) is 3.71. The molecule has 2 N–H and O–H groups in total. The normalized spacial score (nSPS) is 10.5. The van der Waals surface area contributed by atoms with E-state index in [-0.39, 0.29) is 18.1 Å². The van der Waals surface area contributed by atoms with Gasteiger partial charge >= 0.3 is 0 Å². The zero-order chi connectivity index (χ0) is 17.8. The molecule has 1 amide bonds. The van der Waals surface area contributed by atoms with E-state index in [1.807, 2.05) is 24.3 Å². The number of hydrogen-bond acceptors (Lipinski definition) is 3. The molecule has 2 aromatic carbocycles. The number of carbonyl (C=O) groups excluding carboxylic acids is 1. The molecule has 0 aliphatic carbocycles. The molecule has 0 atom stereocenters. The molecule has 1 heterocycles. The van der Waals surface area contributed by atoms with Crippen molar-refractivity contribution in [3.8, 4) is 17.0 Å². The molecule has 3 rings (SSSR count).